The fraction of sp³-hybridized carbons (Fsp3) is 1.00. The van der Waals surface area contributed by atoms with E-state index in [2.05, 4.69) is 17.6 Å². The van der Waals surface area contributed by atoms with Gasteiger partial charge in [0.15, 0.2) is 0 Å². The van der Waals surface area contributed by atoms with Crippen molar-refractivity contribution >= 4 is 0 Å². The van der Waals surface area contributed by atoms with Crippen LogP contribution in [0.25, 0.3) is 0 Å². The van der Waals surface area contributed by atoms with Crippen molar-refractivity contribution in [3.63, 3.8) is 0 Å². The van der Waals surface area contributed by atoms with Crippen LogP contribution in [0.5, 0.6) is 0 Å². The first-order valence-corrected chi connectivity index (χ1v) is 5.70. The first kappa shape index (κ1) is 9.47. The third-order valence-corrected chi connectivity index (χ3v) is 3.71. The second-order valence-corrected chi connectivity index (χ2v) is 5.15. The first-order valence-electron chi connectivity index (χ1n) is 5.70. The predicted octanol–water partition coefficient (Wildman–Crippen LogP) is 1.38. The Bertz CT molecular complexity index is 157. The largest absolute Gasteiger partial charge is 0.316 e. The van der Waals surface area contributed by atoms with Gasteiger partial charge in [-0.15, -0.1) is 0 Å². The highest BCUT2D eigenvalue weighted by atomic mass is 14.9. The molecule has 1 aliphatic heterocycles. The van der Waals surface area contributed by atoms with Gasteiger partial charge in [0.1, 0.15) is 0 Å². The molecule has 0 bridgehead atoms. The molecule has 2 fully saturated rings. The maximum absolute atomic E-state index is 3.63. The lowest BCUT2D eigenvalue weighted by Crippen LogP contribution is -2.39. The molecule has 2 N–H and O–H groups in total. The van der Waals surface area contributed by atoms with Crippen molar-refractivity contribution in [1.29, 1.82) is 0 Å². The molecule has 0 amide bonds. The summed E-state index contributed by atoms with van der Waals surface area (Å²) in [5.74, 6) is 0.892. The minimum absolute atomic E-state index is 0.645. The van der Waals surface area contributed by atoms with Crippen molar-refractivity contribution in [2.45, 2.75) is 32.6 Å². The molecule has 0 radical (unpaired) electrons. The Hall–Kier alpha value is -0.0800. The maximum Gasteiger partial charge on any atom is 0.000528 e. The molecule has 2 aliphatic rings. The van der Waals surface area contributed by atoms with Crippen LogP contribution in [0.1, 0.15) is 32.6 Å². The topological polar surface area (TPSA) is 24.1 Å². The van der Waals surface area contributed by atoms with Crippen molar-refractivity contribution in [1.82, 2.24) is 10.6 Å². The Morgan fingerprint density at radius 2 is 2.31 bits per heavy atom. The number of hydrogen-bond acceptors (Lipinski definition) is 2. The quantitative estimate of drug-likeness (QED) is 0.686. The summed E-state index contributed by atoms with van der Waals surface area (Å²) in [6.45, 7) is 7.33. The van der Waals surface area contributed by atoms with E-state index in [0.717, 1.165) is 5.92 Å². The first-order chi connectivity index (χ1) is 6.29. The molecular formula is C11H22N2. The van der Waals surface area contributed by atoms with Gasteiger partial charge in [0, 0.05) is 6.54 Å². The zero-order valence-corrected chi connectivity index (χ0v) is 8.73. The second kappa shape index (κ2) is 3.97. The molecule has 1 saturated carbocycles. The summed E-state index contributed by atoms with van der Waals surface area (Å²) < 4.78 is 0. The minimum atomic E-state index is 0.645. The summed E-state index contributed by atoms with van der Waals surface area (Å²) in [4.78, 5) is 0. The van der Waals surface area contributed by atoms with Crippen LogP contribution in [-0.4, -0.2) is 26.2 Å². The molecular weight excluding hydrogens is 160 g/mol. The molecule has 1 aliphatic carbocycles. The van der Waals surface area contributed by atoms with E-state index in [0.29, 0.717) is 5.41 Å². The van der Waals surface area contributed by atoms with Crippen LogP contribution in [0.15, 0.2) is 0 Å². The van der Waals surface area contributed by atoms with Gasteiger partial charge in [-0.3, -0.25) is 0 Å². The average molecular weight is 182 g/mol. The predicted molar refractivity (Wildman–Crippen MR) is 55.8 cm³/mol. The third-order valence-electron chi connectivity index (χ3n) is 3.71. The fourth-order valence-electron chi connectivity index (χ4n) is 2.42. The Labute approximate surface area is 81.5 Å². The van der Waals surface area contributed by atoms with E-state index in [1.807, 2.05) is 0 Å². The van der Waals surface area contributed by atoms with Crippen LogP contribution in [0, 0.1) is 11.3 Å². The highest BCUT2D eigenvalue weighted by Gasteiger charge is 2.31. The zero-order valence-electron chi connectivity index (χ0n) is 8.73. The summed E-state index contributed by atoms with van der Waals surface area (Å²) in [7, 11) is 0. The molecule has 2 nitrogen and oxygen atoms in total. The lowest BCUT2D eigenvalue weighted by molar-refractivity contribution is 0.155. The van der Waals surface area contributed by atoms with Crippen molar-refractivity contribution < 1.29 is 0 Å². The summed E-state index contributed by atoms with van der Waals surface area (Å²) in [5.41, 5.74) is 0.645. The van der Waals surface area contributed by atoms with E-state index in [-0.39, 0.29) is 0 Å². The standard InChI is InChI=1S/C11H22N2/c1-11(4-2-5-11)9-13-8-10-3-6-12-7-10/h10,12-13H,2-9H2,1H3. The van der Waals surface area contributed by atoms with Gasteiger partial charge in [0.2, 0.25) is 0 Å². The van der Waals surface area contributed by atoms with E-state index in [1.165, 1.54) is 51.9 Å². The molecule has 1 atom stereocenters. The average Bonchev–Trinajstić information content (AvgIpc) is 2.54. The van der Waals surface area contributed by atoms with Gasteiger partial charge in [-0.25, -0.2) is 0 Å². The van der Waals surface area contributed by atoms with Crippen LogP contribution in [0.4, 0.5) is 0 Å². The van der Waals surface area contributed by atoms with E-state index >= 15 is 0 Å². The summed E-state index contributed by atoms with van der Waals surface area (Å²) in [6, 6.07) is 0. The maximum atomic E-state index is 3.63. The second-order valence-electron chi connectivity index (χ2n) is 5.15. The van der Waals surface area contributed by atoms with Gasteiger partial charge in [0.05, 0.1) is 0 Å². The van der Waals surface area contributed by atoms with Gasteiger partial charge >= 0.3 is 0 Å². The van der Waals surface area contributed by atoms with E-state index < -0.39 is 0 Å². The molecule has 0 aromatic rings. The van der Waals surface area contributed by atoms with Crippen LogP contribution in [0.2, 0.25) is 0 Å². The number of hydrogen-bond donors (Lipinski definition) is 2. The molecule has 0 aromatic heterocycles. The third kappa shape index (κ3) is 2.44. The Morgan fingerprint density at radius 1 is 1.46 bits per heavy atom. The van der Waals surface area contributed by atoms with Gasteiger partial charge in [-0.1, -0.05) is 13.3 Å². The van der Waals surface area contributed by atoms with Crippen molar-refractivity contribution in [2.75, 3.05) is 26.2 Å². The molecule has 0 aromatic carbocycles. The molecule has 1 unspecified atom stereocenters. The monoisotopic (exact) mass is 182 g/mol. The Balaban J connectivity index is 1.57. The number of nitrogens with one attached hydrogen (secondary N) is 2. The molecule has 76 valence electrons. The molecule has 0 spiro atoms. The van der Waals surface area contributed by atoms with Crippen LogP contribution < -0.4 is 10.6 Å². The summed E-state index contributed by atoms with van der Waals surface area (Å²) in [6.07, 6.45) is 5.68. The van der Waals surface area contributed by atoms with Crippen molar-refractivity contribution in [2.24, 2.45) is 11.3 Å². The Morgan fingerprint density at radius 3 is 2.85 bits per heavy atom. The van der Waals surface area contributed by atoms with Crippen LogP contribution in [-0.2, 0) is 0 Å². The van der Waals surface area contributed by atoms with Gasteiger partial charge in [-0.2, -0.15) is 0 Å². The molecule has 1 saturated heterocycles. The molecule has 1 heterocycles. The minimum Gasteiger partial charge on any atom is -0.316 e. The SMILES string of the molecule is CC1(CNCC2CCNC2)CCC1. The lowest BCUT2D eigenvalue weighted by atomic mass is 9.70. The van der Waals surface area contributed by atoms with Crippen molar-refractivity contribution in [3.8, 4) is 0 Å². The lowest BCUT2D eigenvalue weighted by Gasteiger charge is -2.38. The van der Waals surface area contributed by atoms with E-state index in [4.69, 9.17) is 0 Å². The van der Waals surface area contributed by atoms with Gasteiger partial charge in [-0.05, 0) is 50.2 Å². The highest BCUT2D eigenvalue weighted by molar-refractivity contribution is 4.85. The molecule has 2 heteroatoms. The smallest absolute Gasteiger partial charge is 0.000528 e. The van der Waals surface area contributed by atoms with Gasteiger partial charge in [0.25, 0.3) is 0 Å². The highest BCUT2D eigenvalue weighted by Crippen LogP contribution is 2.39. The summed E-state index contributed by atoms with van der Waals surface area (Å²) in [5, 5.41) is 7.04. The van der Waals surface area contributed by atoms with E-state index in [9.17, 15) is 0 Å². The summed E-state index contributed by atoms with van der Waals surface area (Å²) >= 11 is 0. The molecule has 13 heavy (non-hydrogen) atoms. The van der Waals surface area contributed by atoms with Gasteiger partial charge < -0.3 is 10.6 Å². The normalized spacial score (nSPS) is 31.6. The van der Waals surface area contributed by atoms with E-state index in [1.54, 1.807) is 0 Å². The Kier molecular flexibility index (Phi) is 2.89. The number of rotatable bonds is 4. The van der Waals surface area contributed by atoms with Crippen LogP contribution in [0.3, 0.4) is 0 Å². The molecule has 2 rings (SSSR count). The van der Waals surface area contributed by atoms with Crippen LogP contribution >= 0.6 is 0 Å². The zero-order chi connectivity index (χ0) is 9.15. The fourth-order valence-corrected chi connectivity index (χ4v) is 2.42. The van der Waals surface area contributed by atoms with Crippen molar-refractivity contribution in [3.05, 3.63) is 0 Å².